The lowest BCUT2D eigenvalue weighted by molar-refractivity contribution is -0.143. The molecule has 0 aromatic carbocycles. The van der Waals surface area contributed by atoms with Crippen LogP contribution in [0.25, 0.3) is 0 Å². The van der Waals surface area contributed by atoms with Crippen LogP contribution in [0.4, 0.5) is 0 Å². The maximum absolute atomic E-state index is 12.3. The summed E-state index contributed by atoms with van der Waals surface area (Å²) < 4.78 is 1.31. The van der Waals surface area contributed by atoms with Crippen molar-refractivity contribution in [2.45, 2.75) is 45.7 Å². The number of carboxylic acids is 1. The second-order valence-electron chi connectivity index (χ2n) is 5.20. The average Bonchev–Trinajstić information content (AvgIpc) is 2.38. The molecule has 1 aromatic heterocycles. The lowest BCUT2D eigenvalue weighted by Crippen LogP contribution is -2.53. The number of carbonyl (C=O) groups excluding carboxylic acids is 1. The highest BCUT2D eigenvalue weighted by Gasteiger charge is 2.33. The fraction of sp³-hybridized carbons (Fsp3) is 0.500. The van der Waals surface area contributed by atoms with Crippen LogP contribution in [0.15, 0.2) is 23.1 Å². The van der Waals surface area contributed by atoms with E-state index < -0.39 is 23.5 Å². The highest BCUT2D eigenvalue weighted by molar-refractivity contribution is 5.88. The van der Waals surface area contributed by atoms with Crippen LogP contribution in [0.3, 0.4) is 0 Å². The quantitative estimate of drug-likeness (QED) is 0.837. The van der Waals surface area contributed by atoms with Crippen molar-refractivity contribution < 1.29 is 14.7 Å². The second kappa shape index (κ2) is 5.90. The van der Waals surface area contributed by atoms with E-state index in [0.29, 0.717) is 5.56 Å². The summed E-state index contributed by atoms with van der Waals surface area (Å²) in [7, 11) is 0. The summed E-state index contributed by atoms with van der Waals surface area (Å²) in [6.45, 7) is 6.50. The highest BCUT2D eigenvalue weighted by atomic mass is 16.4. The van der Waals surface area contributed by atoms with Gasteiger partial charge in [-0.15, -0.1) is 0 Å². The number of aromatic nitrogens is 1. The molecule has 1 amide bonds. The van der Waals surface area contributed by atoms with E-state index in [-0.39, 0.29) is 12.0 Å². The number of nitrogens with one attached hydrogen (secondary N) is 1. The predicted octanol–water partition coefficient (Wildman–Crippen LogP) is 0.871. The molecule has 1 aromatic rings. The molecule has 1 atom stereocenters. The number of aryl methyl sites for hydroxylation is 1. The largest absolute Gasteiger partial charge is 0.480 e. The third-order valence-electron chi connectivity index (χ3n) is 3.31. The second-order valence-corrected chi connectivity index (χ2v) is 5.20. The van der Waals surface area contributed by atoms with Crippen molar-refractivity contribution in [2.24, 2.45) is 0 Å². The molecule has 0 aliphatic heterocycles. The number of amides is 1. The number of hydrogen-bond acceptors (Lipinski definition) is 3. The van der Waals surface area contributed by atoms with E-state index in [0.717, 1.165) is 0 Å². The molecule has 0 fully saturated rings. The van der Waals surface area contributed by atoms with Crippen molar-refractivity contribution in [1.29, 1.82) is 0 Å². The minimum atomic E-state index is -1.16. The topological polar surface area (TPSA) is 88.4 Å². The zero-order chi connectivity index (χ0) is 15.5. The van der Waals surface area contributed by atoms with Gasteiger partial charge >= 0.3 is 5.97 Å². The maximum atomic E-state index is 12.3. The van der Waals surface area contributed by atoms with E-state index in [2.05, 4.69) is 5.32 Å². The zero-order valence-electron chi connectivity index (χ0n) is 12.1. The van der Waals surface area contributed by atoms with Crippen molar-refractivity contribution in [3.05, 3.63) is 34.2 Å². The van der Waals surface area contributed by atoms with Crippen molar-refractivity contribution in [2.75, 3.05) is 0 Å². The molecule has 1 unspecified atom stereocenters. The fourth-order valence-corrected chi connectivity index (χ4v) is 1.83. The smallest absolute Gasteiger partial charge is 0.326 e. The van der Waals surface area contributed by atoms with Gasteiger partial charge in [0.1, 0.15) is 11.6 Å². The predicted molar refractivity (Wildman–Crippen MR) is 74.6 cm³/mol. The number of pyridine rings is 1. The van der Waals surface area contributed by atoms with E-state index >= 15 is 0 Å². The molecule has 0 spiro atoms. The first-order valence-corrected chi connectivity index (χ1v) is 6.44. The van der Waals surface area contributed by atoms with Gasteiger partial charge in [-0.25, -0.2) is 4.79 Å². The van der Waals surface area contributed by atoms with Crippen molar-refractivity contribution in [1.82, 2.24) is 9.88 Å². The van der Waals surface area contributed by atoms with Crippen LogP contribution in [0.2, 0.25) is 0 Å². The molecule has 0 aliphatic carbocycles. The first kappa shape index (κ1) is 15.9. The van der Waals surface area contributed by atoms with Gasteiger partial charge in [-0.2, -0.15) is 0 Å². The number of carbonyl (C=O) groups is 2. The Morgan fingerprint density at radius 3 is 2.55 bits per heavy atom. The third kappa shape index (κ3) is 3.07. The first-order chi connectivity index (χ1) is 9.21. The van der Waals surface area contributed by atoms with Gasteiger partial charge in [0.15, 0.2) is 0 Å². The summed E-state index contributed by atoms with van der Waals surface area (Å²) in [5, 5.41) is 11.4. The molecule has 2 N–H and O–H groups in total. The van der Waals surface area contributed by atoms with Crippen molar-refractivity contribution in [3.63, 3.8) is 0 Å². The summed E-state index contributed by atoms with van der Waals surface area (Å²) in [4.78, 5) is 35.3. The first-order valence-electron chi connectivity index (χ1n) is 6.44. The Balaban J connectivity index is 3.10. The molecule has 6 nitrogen and oxygen atoms in total. The Hall–Kier alpha value is -2.11. The maximum Gasteiger partial charge on any atom is 0.326 e. The minimum absolute atomic E-state index is 0.268. The average molecular weight is 280 g/mol. The van der Waals surface area contributed by atoms with Crippen molar-refractivity contribution in [3.8, 4) is 0 Å². The van der Waals surface area contributed by atoms with Crippen LogP contribution in [0.5, 0.6) is 0 Å². The molecule has 110 valence electrons. The third-order valence-corrected chi connectivity index (χ3v) is 3.31. The Labute approximate surface area is 117 Å². The summed E-state index contributed by atoms with van der Waals surface area (Å²) >= 11 is 0. The Kier molecular flexibility index (Phi) is 4.70. The SMILES string of the molecule is CCC(NC(=O)C(C)(C)n1cccc(C)c1=O)C(=O)O. The van der Waals surface area contributed by atoms with Crippen LogP contribution in [0, 0.1) is 6.92 Å². The zero-order valence-corrected chi connectivity index (χ0v) is 12.1. The molecular formula is C14H20N2O4. The van der Waals surface area contributed by atoms with Gasteiger partial charge in [0.2, 0.25) is 5.91 Å². The molecule has 0 saturated heterocycles. The van der Waals surface area contributed by atoms with Gasteiger partial charge in [0.05, 0.1) is 0 Å². The number of rotatable bonds is 5. The van der Waals surface area contributed by atoms with Gasteiger partial charge < -0.3 is 15.0 Å². The Morgan fingerprint density at radius 2 is 2.05 bits per heavy atom. The standard InChI is InChI=1S/C14H20N2O4/c1-5-10(12(18)19)15-13(20)14(3,4)16-8-6-7-9(2)11(16)17/h6-8,10H,5H2,1-4H3,(H,15,20)(H,18,19). The Bertz CT molecular complexity index is 575. The minimum Gasteiger partial charge on any atom is -0.480 e. The highest BCUT2D eigenvalue weighted by Crippen LogP contribution is 2.14. The summed E-state index contributed by atoms with van der Waals surface area (Å²) in [5.41, 5.74) is -0.902. The van der Waals surface area contributed by atoms with E-state index in [4.69, 9.17) is 5.11 Å². The molecule has 1 rings (SSSR count). The molecule has 0 radical (unpaired) electrons. The lowest BCUT2D eigenvalue weighted by atomic mass is 10.0. The number of nitrogens with zero attached hydrogens (tertiary/aromatic N) is 1. The normalized spacial score (nSPS) is 12.8. The number of carboxylic acid groups (broad SMARTS) is 1. The van der Waals surface area contributed by atoms with Crippen LogP contribution in [-0.2, 0) is 15.1 Å². The van der Waals surface area contributed by atoms with E-state index in [1.54, 1.807) is 39.8 Å². The molecule has 20 heavy (non-hydrogen) atoms. The van der Waals surface area contributed by atoms with Gasteiger partial charge in [-0.05, 0) is 33.3 Å². The van der Waals surface area contributed by atoms with Gasteiger partial charge in [0, 0.05) is 11.8 Å². The van der Waals surface area contributed by atoms with E-state index in [1.165, 1.54) is 10.8 Å². The van der Waals surface area contributed by atoms with Crippen LogP contribution >= 0.6 is 0 Å². The van der Waals surface area contributed by atoms with Crippen LogP contribution < -0.4 is 10.9 Å². The number of hydrogen-bond donors (Lipinski definition) is 2. The molecule has 6 heteroatoms. The monoisotopic (exact) mass is 280 g/mol. The summed E-state index contributed by atoms with van der Waals surface area (Å²) in [5.74, 6) is -1.59. The van der Waals surface area contributed by atoms with E-state index in [9.17, 15) is 14.4 Å². The molecule has 0 saturated carbocycles. The lowest BCUT2D eigenvalue weighted by Gasteiger charge is -2.28. The van der Waals surface area contributed by atoms with Crippen LogP contribution in [0.1, 0.15) is 32.8 Å². The van der Waals surface area contributed by atoms with Crippen LogP contribution in [-0.4, -0.2) is 27.6 Å². The Morgan fingerprint density at radius 1 is 1.45 bits per heavy atom. The summed E-state index contributed by atoms with van der Waals surface area (Å²) in [6.07, 6.45) is 1.80. The molecule has 0 aliphatic rings. The molecule has 0 bridgehead atoms. The van der Waals surface area contributed by atoms with E-state index in [1.807, 2.05) is 0 Å². The van der Waals surface area contributed by atoms with Gasteiger partial charge in [-0.3, -0.25) is 9.59 Å². The van der Waals surface area contributed by atoms with Crippen molar-refractivity contribution >= 4 is 11.9 Å². The van der Waals surface area contributed by atoms with Gasteiger partial charge in [-0.1, -0.05) is 13.0 Å². The fourth-order valence-electron chi connectivity index (χ4n) is 1.83. The number of aliphatic carboxylic acids is 1. The molecular weight excluding hydrogens is 260 g/mol. The van der Waals surface area contributed by atoms with Gasteiger partial charge in [0.25, 0.3) is 5.56 Å². The summed E-state index contributed by atoms with van der Waals surface area (Å²) in [6, 6.07) is 2.39. The molecule has 1 heterocycles.